The van der Waals surface area contributed by atoms with Crippen LogP contribution in [0.15, 0.2) is 12.3 Å². The summed E-state index contributed by atoms with van der Waals surface area (Å²) in [6.07, 6.45) is 1.36. The number of nitrogens with zero attached hydrogens (tertiary/aromatic N) is 2. The fraction of sp³-hybridized carbons (Fsp3) is 0.455. The Morgan fingerprint density at radius 1 is 1.53 bits per heavy atom. The predicted molar refractivity (Wildman–Crippen MR) is 67.5 cm³/mol. The first-order valence-electron chi connectivity index (χ1n) is 4.99. The van der Waals surface area contributed by atoms with Gasteiger partial charge in [-0.1, -0.05) is 23.2 Å². The molecule has 0 spiro atoms. The summed E-state index contributed by atoms with van der Waals surface area (Å²) in [4.78, 5) is 17.3. The summed E-state index contributed by atoms with van der Waals surface area (Å²) < 4.78 is 0. The van der Waals surface area contributed by atoms with Crippen molar-refractivity contribution >= 4 is 29.1 Å². The molecular formula is C11H14Cl2N2O2. The second-order valence-corrected chi connectivity index (χ2v) is 5.10. The molecule has 94 valence electrons. The van der Waals surface area contributed by atoms with Gasteiger partial charge in [0, 0.05) is 13.2 Å². The van der Waals surface area contributed by atoms with E-state index in [2.05, 4.69) is 4.98 Å². The van der Waals surface area contributed by atoms with Crippen LogP contribution in [0.3, 0.4) is 0 Å². The smallest absolute Gasteiger partial charge is 0.255 e. The van der Waals surface area contributed by atoms with Crippen LogP contribution < -0.4 is 0 Å². The molecule has 0 aliphatic heterocycles. The Bertz CT molecular complexity index is 435. The first-order valence-corrected chi connectivity index (χ1v) is 5.75. The normalized spacial score (nSPS) is 11.4. The van der Waals surface area contributed by atoms with E-state index < -0.39 is 5.54 Å². The maximum absolute atomic E-state index is 12.1. The van der Waals surface area contributed by atoms with E-state index in [4.69, 9.17) is 23.2 Å². The summed E-state index contributed by atoms with van der Waals surface area (Å²) in [5.74, 6) is -0.268. The molecule has 0 saturated carbocycles. The maximum Gasteiger partial charge on any atom is 0.255 e. The van der Waals surface area contributed by atoms with Crippen LogP contribution in [0.2, 0.25) is 10.2 Å². The molecule has 4 nitrogen and oxygen atoms in total. The van der Waals surface area contributed by atoms with E-state index in [9.17, 15) is 9.90 Å². The molecule has 0 radical (unpaired) electrons. The van der Waals surface area contributed by atoms with Crippen molar-refractivity contribution in [3.8, 4) is 0 Å². The number of aliphatic hydroxyl groups is 1. The molecule has 1 rings (SSSR count). The minimum Gasteiger partial charge on any atom is -0.394 e. The number of carbonyl (C=O) groups excluding carboxylic acids is 1. The summed E-state index contributed by atoms with van der Waals surface area (Å²) >= 11 is 11.5. The molecule has 17 heavy (non-hydrogen) atoms. The molecule has 1 heterocycles. The van der Waals surface area contributed by atoms with Gasteiger partial charge in [0.15, 0.2) is 0 Å². The summed E-state index contributed by atoms with van der Waals surface area (Å²) in [7, 11) is 1.61. The summed E-state index contributed by atoms with van der Waals surface area (Å²) in [5.41, 5.74) is -0.313. The predicted octanol–water partition coefficient (Wildman–Crippen LogP) is 2.23. The monoisotopic (exact) mass is 276 g/mol. The number of aromatic nitrogens is 1. The SMILES string of the molecule is CN(C(=O)c1cnc(Cl)c(Cl)c1)C(C)(C)CO. The van der Waals surface area contributed by atoms with Crippen LogP contribution in [-0.2, 0) is 0 Å². The van der Waals surface area contributed by atoms with Gasteiger partial charge in [0.1, 0.15) is 5.15 Å². The molecule has 0 saturated heterocycles. The molecule has 1 aromatic heterocycles. The third-order valence-electron chi connectivity index (χ3n) is 2.64. The number of pyridine rings is 1. The molecule has 0 aliphatic rings. The largest absolute Gasteiger partial charge is 0.394 e. The molecule has 0 fully saturated rings. The van der Waals surface area contributed by atoms with Crippen molar-refractivity contribution in [3.63, 3.8) is 0 Å². The van der Waals surface area contributed by atoms with E-state index in [-0.39, 0.29) is 22.7 Å². The molecule has 0 atom stereocenters. The zero-order valence-electron chi connectivity index (χ0n) is 9.87. The van der Waals surface area contributed by atoms with Crippen molar-refractivity contribution in [1.29, 1.82) is 0 Å². The van der Waals surface area contributed by atoms with Crippen LogP contribution in [0, 0.1) is 0 Å². The molecule has 1 amide bonds. The van der Waals surface area contributed by atoms with Gasteiger partial charge in [-0.2, -0.15) is 0 Å². The van der Waals surface area contributed by atoms with Gasteiger partial charge < -0.3 is 10.0 Å². The van der Waals surface area contributed by atoms with Crippen molar-refractivity contribution in [2.45, 2.75) is 19.4 Å². The van der Waals surface area contributed by atoms with Gasteiger partial charge in [0.05, 0.1) is 22.7 Å². The topological polar surface area (TPSA) is 53.4 Å². The number of likely N-dealkylation sites (N-methyl/N-ethyl adjacent to an activating group) is 1. The number of rotatable bonds is 3. The van der Waals surface area contributed by atoms with Gasteiger partial charge in [-0.15, -0.1) is 0 Å². The fourth-order valence-electron chi connectivity index (χ4n) is 1.11. The van der Waals surface area contributed by atoms with Crippen molar-refractivity contribution in [2.24, 2.45) is 0 Å². The number of hydrogen-bond donors (Lipinski definition) is 1. The highest BCUT2D eigenvalue weighted by Crippen LogP contribution is 2.22. The van der Waals surface area contributed by atoms with E-state index in [1.54, 1.807) is 20.9 Å². The minimum atomic E-state index is -0.650. The average molecular weight is 277 g/mol. The Balaban J connectivity index is 3.01. The Labute approximate surface area is 110 Å². The molecule has 0 aromatic carbocycles. The first-order chi connectivity index (χ1) is 7.79. The standard InChI is InChI=1S/C11H14Cl2N2O2/c1-11(2,6-16)15(3)10(17)7-4-8(12)9(13)14-5-7/h4-5,16H,6H2,1-3H3. The lowest BCUT2D eigenvalue weighted by atomic mass is 10.0. The van der Waals surface area contributed by atoms with Gasteiger partial charge in [0.2, 0.25) is 0 Å². The third kappa shape index (κ3) is 3.09. The lowest BCUT2D eigenvalue weighted by molar-refractivity contribution is 0.0473. The first kappa shape index (κ1) is 14.2. The van der Waals surface area contributed by atoms with Crippen molar-refractivity contribution in [3.05, 3.63) is 28.0 Å². The van der Waals surface area contributed by atoms with Crippen molar-refractivity contribution < 1.29 is 9.90 Å². The number of amides is 1. The van der Waals surface area contributed by atoms with Crippen LogP contribution in [0.5, 0.6) is 0 Å². The second-order valence-electron chi connectivity index (χ2n) is 4.33. The number of halogens is 2. The fourth-order valence-corrected chi connectivity index (χ4v) is 1.38. The molecular weight excluding hydrogens is 263 g/mol. The summed E-state index contributed by atoms with van der Waals surface area (Å²) in [6, 6.07) is 1.46. The zero-order valence-corrected chi connectivity index (χ0v) is 11.4. The highest BCUT2D eigenvalue weighted by atomic mass is 35.5. The lowest BCUT2D eigenvalue weighted by Crippen LogP contribution is -2.47. The van der Waals surface area contributed by atoms with Gasteiger partial charge in [-0.05, 0) is 19.9 Å². The third-order valence-corrected chi connectivity index (χ3v) is 3.33. The number of carbonyl (C=O) groups is 1. The van der Waals surface area contributed by atoms with Crippen LogP contribution in [0.1, 0.15) is 24.2 Å². The maximum atomic E-state index is 12.1. The Morgan fingerprint density at radius 3 is 2.59 bits per heavy atom. The average Bonchev–Trinajstić information content (AvgIpc) is 2.30. The molecule has 0 aliphatic carbocycles. The second kappa shape index (κ2) is 5.21. The van der Waals surface area contributed by atoms with Gasteiger partial charge in [-0.25, -0.2) is 4.98 Å². The van der Waals surface area contributed by atoms with Gasteiger partial charge >= 0.3 is 0 Å². The molecule has 6 heteroatoms. The van der Waals surface area contributed by atoms with Crippen LogP contribution in [0.25, 0.3) is 0 Å². The Kier molecular flexibility index (Phi) is 4.36. The zero-order chi connectivity index (χ0) is 13.2. The highest BCUT2D eigenvalue weighted by Gasteiger charge is 2.27. The van der Waals surface area contributed by atoms with Crippen LogP contribution in [-0.4, -0.2) is 40.1 Å². The van der Waals surface area contributed by atoms with E-state index >= 15 is 0 Å². The van der Waals surface area contributed by atoms with Crippen LogP contribution >= 0.6 is 23.2 Å². The van der Waals surface area contributed by atoms with Gasteiger partial charge in [-0.3, -0.25) is 4.79 Å². The molecule has 1 aromatic rings. The summed E-state index contributed by atoms with van der Waals surface area (Å²) in [5, 5.41) is 9.59. The van der Waals surface area contributed by atoms with Crippen LogP contribution in [0.4, 0.5) is 0 Å². The van der Waals surface area contributed by atoms with E-state index in [1.165, 1.54) is 17.2 Å². The minimum absolute atomic E-state index is 0.135. The van der Waals surface area contributed by atoms with E-state index in [1.807, 2.05) is 0 Å². The van der Waals surface area contributed by atoms with E-state index in [0.717, 1.165) is 0 Å². The van der Waals surface area contributed by atoms with Crippen molar-refractivity contribution in [1.82, 2.24) is 9.88 Å². The summed E-state index contributed by atoms with van der Waals surface area (Å²) in [6.45, 7) is 3.38. The van der Waals surface area contributed by atoms with Gasteiger partial charge in [0.25, 0.3) is 5.91 Å². The van der Waals surface area contributed by atoms with E-state index in [0.29, 0.717) is 5.56 Å². The van der Waals surface area contributed by atoms with Crippen molar-refractivity contribution in [2.75, 3.05) is 13.7 Å². The number of hydrogen-bond acceptors (Lipinski definition) is 3. The lowest BCUT2D eigenvalue weighted by Gasteiger charge is -2.33. The number of aliphatic hydroxyl groups excluding tert-OH is 1. The molecule has 1 N–H and O–H groups in total. The highest BCUT2D eigenvalue weighted by molar-refractivity contribution is 6.41. The quantitative estimate of drug-likeness (QED) is 0.862. The molecule has 0 unspecified atom stereocenters. The Hall–Kier alpha value is -0.840. The molecule has 0 bridgehead atoms. The Morgan fingerprint density at radius 2 is 2.12 bits per heavy atom.